The van der Waals surface area contributed by atoms with Crippen molar-refractivity contribution in [3.8, 4) is 62.1 Å². The van der Waals surface area contributed by atoms with Crippen LogP contribution in [0.5, 0.6) is 0 Å². The Hall–Kier alpha value is -6.65. The van der Waals surface area contributed by atoms with Crippen LogP contribution in [0.3, 0.4) is 0 Å². The number of rotatable bonds is 5. The normalized spacial score (nSPS) is 13.0. The maximum Gasteiger partial charge on any atom is 0.164 e. The highest BCUT2D eigenvalue weighted by atomic mass is 15.0. The Morgan fingerprint density at radius 3 is 1.81 bits per heavy atom. The average Bonchev–Trinajstić information content (AvgIpc) is 3.66. The molecule has 4 heteroatoms. The van der Waals surface area contributed by atoms with E-state index in [-0.39, 0.29) is 5.41 Å². The van der Waals surface area contributed by atoms with E-state index in [1.54, 1.807) is 0 Å². The molecule has 10 rings (SSSR count). The van der Waals surface area contributed by atoms with Gasteiger partial charge in [0.15, 0.2) is 17.5 Å². The molecule has 0 bridgehead atoms. The topological polar surface area (TPSA) is 43.6 Å². The molecule has 9 aromatic rings. The summed E-state index contributed by atoms with van der Waals surface area (Å²) in [6.07, 6.45) is 0. The molecule has 52 heavy (non-hydrogen) atoms. The Balaban J connectivity index is 1.23. The van der Waals surface area contributed by atoms with E-state index < -0.39 is 0 Å². The highest BCUT2D eigenvalue weighted by Crippen LogP contribution is 2.51. The number of fused-ring (bicyclic) bond motifs is 6. The Labute approximate surface area is 302 Å². The maximum absolute atomic E-state index is 5.31. The summed E-state index contributed by atoms with van der Waals surface area (Å²) in [6.45, 7) is 4.61. The molecule has 0 saturated heterocycles. The van der Waals surface area contributed by atoms with Crippen molar-refractivity contribution in [2.45, 2.75) is 19.3 Å². The second kappa shape index (κ2) is 11.7. The summed E-state index contributed by atoms with van der Waals surface area (Å²) in [5, 5.41) is 2.40. The van der Waals surface area contributed by atoms with E-state index in [2.05, 4.69) is 182 Å². The van der Waals surface area contributed by atoms with Gasteiger partial charge in [0, 0.05) is 38.6 Å². The first kappa shape index (κ1) is 30.2. The number of hydrogen-bond donors (Lipinski definition) is 0. The van der Waals surface area contributed by atoms with Crippen molar-refractivity contribution in [2.75, 3.05) is 0 Å². The summed E-state index contributed by atoms with van der Waals surface area (Å²) in [6, 6.07) is 60.0. The molecule has 0 radical (unpaired) electrons. The zero-order valence-corrected chi connectivity index (χ0v) is 29.0. The second-order valence-corrected chi connectivity index (χ2v) is 14.1. The second-order valence-electron chi connectivity index (χ2n) is 14.1. The fraction of sp³-hybridized carbons (Fsp3) is 0.0625. The van der Waals surface area contributed by atoms with Gasteiger partial charge in [-0.25, -0.2) is 15.0 Å². The molecule has 2 heterocycles. The van der Waals surface area contributed by atoms with Crippen LogP contribution < -0.4 is 0 Å². The van der Waals surface area contributed by atoms with Crippen LogP contribution in [0.25, 0.3) is 83.9 Å². The van der Waals surface area contributed by atoms with Gasteiger partial charge < -0.3 is 4.57 Å². The van der Waals surface area contributed by atoms with E-state index in [9.17, 15) is 0 Å². The maximum atomic E-state index is 5.31. The third-order valence-electron chi connectivity index (χ3n) is 10.7. The molecule has 0 aliphatic heterocycles. The van der Waals surface area contributed by atoms with Crippen molar-refractivity contribution in [1.82, 2.24) is 19.5 Å². The molecule has 0 unspecified atom stereocenters. The molecule has 0 amide bonds. The number of benzene rings is 7. The van der Waals surface area contributed by atoms with E-state index in [4.69, 9.17) is 15.0 Å². The van der Waals surface area contributed by atoms with E-state index in [1.807, 2.05) is 6.07 Å². The number of para-hydroxylation sites is 2. The van der Waals surface area contributed by atoms with Gasteiger partial charge in [0.2, 0.25) is 0 Å². The lowest BCUT2D eigenvalue weighted by atomic mass is 9.82. The van der Waals surface area contributed by atoms with Gasteiger partial charge in [0.05, 0.1) is 11.0 Å². The lowest BCUT2D eigenvalue weighted by Crippen LogP contribution is -2.14. The summed E-state index contributed by atoms with van der Waals surface area (Å²) in [5.41, 5.74) is 13.4. The number of nitrogens with zero attached hydrogens (tertiary/aromatic N) is 4. The predicted molar refractivity (Wildman–Crippen MR) is 213 cm³/mol. The minimum Gasteiger partial charge on any atom is -0.309 e. The molecule has 7 aromatic carbocycles. The first-order chi connectivity index (χ1) is 25.5. The van der Waals surface area contributed by atoms with Gasteiger partial charge >= 0.3 is 0 Å². The van der Waals surface area contributed by atoms with Crippen LogP contribution in [0.15, 0.2) is 170 Å². The molecular formula is C48H34N4. The lowest BCUT2D eigenvalue weighted by Gasteiger charge is -2.21. The van der Waals surface area contributed by atoms with Crippen molar-refractivity contribution >= 4 is 21.8 Å². The average molecular weight is 667 g/mol. The molecule has 0 saturated carbocycles. The summed E-state index contributed by atoms with van der Waals surface area (Å²) in [7, 11) is 0. The Morgan fingerprint density at radius 2 is 0.981 bits per heavy atom. The van der Waals surface area contributed by atoms with Crippen molar-refractivity contribution in [3.05, 3.63) is 181 Å². The largest absolute Gasteiger partial charge is 0.309 e. The monoisotopic (exact) mass is 666 g/mol. The molecule has 0 N–H and O–H groups in total. The molecule has 2 aromatic heterocycles. The molecule has 0 atom stereocenters. The van der Waals surface area contributed by atoms with Crippen LogP contribution in [-0.2, 0) is 5.41 Å². The Morgan fingerprint density at radius 1 is 0.404 bits per heavy atom. The Bertz CT molecular complexity index is 2810. The van der Waals surface area contributed by atoms with E-state index in [1.165, 1.54) is 33.0 Å². The van der Waals surface area contributed by atoms with Crippen LogP contribution in [-0.4, -0.2) is 19.5 Å². The minimum atomic E-state index is -0.138. The molecule has 0 spiro atoms. The summed E-state index contributed by atoms with van der Waals surface area (Å²) < 4.78 is 2.34. The molecule has 1 aliphatic rings. The van der Waals surface area contributed by atoms with Gasteiger partial charge in [-0.3, -0.25) is 0 Å². The first-order valence-electron chi connectivity index (χ1n) is 17.8. The lowest BCUT2D eigenvalue weighted by molar-refractivity contribution is 0.660. The van der Waals surface area contributed by atoms with Crippen LogP contribution in [0.1, 0.15) is 25.0 Å². The first-order valence-corrected chi connectivity index (χ1v) is 17.8. The van der Waals surface area contributed by atoms with Gasteiger partial charge in [-0.05, 0) is 63.7 Å². The molecular weight excluding hydrogens is 633 g/mol. The smallest absolute Gasteiger partial charge is 0.164 e. The predicted octanol–water partition coefficient (Wildman–Crippen LogP) is 11.9. The van der Waals surface area contributed by atoms with Crippen molar-refractivity contribution < 1.29 is 0 Å². The van der Waals surface area contributed by atoms with Gasteiger partial charge in [0.25, 0.3) is 0 Å². The quantitative estimate of drug-likeness (QED) is 0.184. The highest BCUT2D eigenvalue weighted by molar-refractivity contribution is 6.10. The number of aromatic nitrogens is 4. The van der Waals surface area contributed by atoms with Gasteiger partial charge in [-0.15, -0.1) is 0 Å². The van der Waals surface area contributed by atoms with Crippen molar-refractivity contribution in [2.24, 2.45) is 0 Å². The van der Waals surface area contributed by atoms with Gasteiger partial charge in [0.1, 0.15) is 0 Å². The fourth-order valence-electron chi connectivity index (χ4n) is 8.13. The summed E-state index contributed by atoms with van der Waals surface area (Å²) in [5.74, 6) is 1.95. The third-order valence-corrected chi connectivity index (χ3v) is 10.7. The summed E-state index contributed by atoms with van der Waals surface area (Å²) in [4.78, 5) is 15.8. The van der Waals surface area contributed by atoms with E-state index in [0.29, 0.717) is 17.5 Å². The molecule has 4 nitrogen and oxygen atoms in total. The van der Waals surface area contributed by atoms with Crippen LogP contribution in [0, 0.1) is 0 Å². The van der Waals surface area contributed by atoms with Crippen molar-refractivity contribution in [3.63, 3.8) is 0 Å². The zero-order chi connectivity index (χ0) is 34.8. The Kier molecular flexibility index (Phi) is 6.80. The SMILES string of the molecule is CC1(C)c2ccccc2-c2c(-c3nc(-c4cccc(-c5ccccc5)c4)nc(-c4ccc5c6ccccc6n(-c6ccccc6)c5c4)n3)cccc21. The van der Waals surface area contributed by atoms with E-state index in [0.717, 1.165) is 44.5 Å². The van der Waals surface area contributed by atoms with Crippen LogP contribution >= 0.6 is 0 Å². The zero-order valence-electron chi connectivity index (χ0n) is 29.0. The van der Waals surface area contributed by atoms with Gasteiger partial charge in [-0.2, -0.15) is 0 Å². The van der Waals surface area contributed by atoms with Crippen LogP contribution in [0.4, 0.5) is 0 Å². The molecule has 246 valence electrons. The van der Waals surface area contributed by atoms with Crippen LogP contribution in [0.2, 0.25) is 0 Å². The fourth-order valence-corrected chi connectivity index (χ4v) is 8.13. The third kappa shape index (κ3) is 4.72. The number of hydrogen-bond acceptors (Lipinski definition) is 3. The van der Waals surface area contributed by atoms with Crippen molar-refractivity contribution in [1.29, 1.82) is 0 Å². The van der Waals surface area contributed by atoms with Gasteiger partial charge in [-0.1, -0.05) is 153 Å². The standard InChI is InChI=1S/C48H34N4/c1-48(2)40-24-11-9-22-38(40)44-39(23-14-25-41(44)48)47-50-45(33-18-13-17-32(29-33)31-15-5-3-6-16-31)49-46(51-47)34-27-28-37-36-21-10-12-26-42(36)52(43(37)30-34)35-19-7-4-8-20-35/h3-30H,1-2H3. The summed E-state index contributed by atoms with van der Waals surface area (Å²) >= 11 is 0. The molecule has 1 aliphatic carbocycles. The van der Waals surface area contributed by atoms with E-state index >= 15 is 0 Å². The minimum absolute atomic E-state index is 0.138. The highest BCUT2D eigenvalue weighted by Gasteiger charge is 2.37. The molecule has 0 fully saturated rings.